The summed E-state index contributed by atoms with van der Waals surface area (Å²) in [5.41, 5.74) is 0. The first-order valence-corrected chi connectivity index (χ1v) is 8.47. The van der Waals surface area contributed by atoms with Crippen molar-refractivity contribution in [3.63, 3.8) is 0 Å². The zero-order chi connectivity index (χ0) is 14.0. The average molecular weight is 319 g/mol. The van der Waals surface area contributed by atoms with Gasteiger partial charge in [0.05, 0.1) is 16.2 Å². The molecule has 0 heterocycles. The van der Waals surface area contributed by atoms with E-state index in [0.29, 0.717) is 6.42 Å². The van der Waals surface area contributed by atoms with E-state index in [9.17, 15) is 18.1 Å². The third-order valence-corrected chi connectivity index (χ3v) is 4.42. The van der Waals surface area contributed by atoms with Crippen molar-refractivity contribution in [2.75, 3.05) is 0 Å². The van der Waals surface area contributed by atoms with Gasteiger partial charge in [0.1, 0.15) is 0 Å². The Balaban J connectivity index is 0. The first-order chi connectivity index (χ1) is 8.38. The van der Waals surface area contributed by atoms with E-state index >= 15 is 0 Å². The van der Waals surface area contributed by atoms with Crippen LogP contribution in [0.1, 0.15) is 71.6 Å². The van der Waals surface area contributed by atoms with Crippen LogP contribution in [0, 0.1) is 0 Å². The van der Waals surface area contributed by atoms with Gasteiger partial charge in [0.2, 0.25) is 0 Å². The van der Waals surface area contributed by atoms with Gasteiger partial charge in [0, 0.05) is 5.25 Å². The molecule has 2 atom stereocenters. The third-order valence-electron chi connectivity index (χ3n) is 3.24. The smallest absolute Gasteiger partial charge is 0.748 e. The van der Waals surface area contributed by atoms with Gasteiger partial charge in [-0.05, 0) is 19.8 Å². The topological polar surface area (TPSA) is 77.4 Å². The minimum absolute atomic E-state index is 0. The Kier molecular flexibility index (Phi) is 15.8. The second kappa shape index (κ2) is 13.2. The van der Waals surface area contributed by atoms with Crippen molar-refractivity contribution >= 4 is 10.1 Å². The molecule has 0 rings (SSSR count). The summed E-state index contributed by atoms with van der Waals surface area (Å²) < 4.78 is 32.0. The van der Waals surface area contributed by atoms with E-state index in [0.717, 1.165) is 12.8 Å². The standard InChI is InChI=1S/C13H28O4S.K/c1-3-4-5-6-7-8-9-10-13(14)11-12(2)18(15,16)17;/h12-14H,3-11H2,1-2H3,(H,15,16,17);/q;+1/p-1. The number of aliphatic hydroxyl groups excluding tert-OH is 1. The van der Waals surface area contributed by atoms with E-state index in [1.165, 1.54) is 39.0 Å². The molecule has 0 saturated heterocycles. The Labute approximate surface area is 160 Å². The molecule has 4 nitrogen and oxygen atoms in total. The normalized spacial score (nSPS) is 14.7. The van der Waals surface area contributed by atoms with Gasteiger partial charge in [-0.1, -0.05) is 51.9 Å². The molecule has 0 amide bonds. The van der Waals surface area contributed by atoms with Gasteiger partial charge >= 0.3 is 51.4 Å². The van der Waals surface area contributed by atoms with Gasteiger partial charge in [0.25, 0.3) is 0 Å². The number of unbranched alkanes of at least 4 members (excludes halogenated alkanes) is 6. The molecule has 0 aromatic rings. The van der Waals surface area contributed by atoms with E-state index in [-0.39, 0.29) is 57.8 Å². The minimum atomic E-state index is -4.25. The van der Waals surface area contributed by atoms with Crippen LogP contribution < -0.4 is 51.4 Å². The van der Waals surface area contributed by atoms with Crippen molar-refractivity contribution in [1.82, 2.24) is 0 Å². The maximum atomic E-state index is 10.7. The Morgan fingerprint density at radius 3 is 2.00 bits per heavy atom. The molecule has 1 N–H and O–H groups in total. The van der Waals surface area contributed by atoms with E-state index < -0.39 is 21.5 Å². The van der Waals surface area contributed by atoms with E-state index in [2.05, 4.69) is 6.92 Å². The van der Waals surface area contributed by atoms with Crippen molar-refractivity contribution < 1.29 is 69.5 Å². The zero-order valence-corrected chi connectivity index (χ0v) is 16.5. The van der Waals surface area contributed by atoms with Gasteiger partial charge in [-0.25, -0.2) is 8.42 Å². The molecule has 110 valence electrons. The number of hydrogen-bond acceptors (Lipinski definition) is 4. The second-order valence-electron chi connectivity index (χ2n) is 5.10. The van der Waals surface area contributed by atoms with Crippen LogP contribution in [-0.4, -0.2) is 29.4 Å². The molecule has 0 saturated carbocycles. The summed E-state index contributed by atoms with van der Waals surface area (Å²) in [6.45, 7) is 3.54. The van der Waals surface area contributed by atoms with E-state index in [4.69, 9.17) is 0 Å². The fraction of sp³-hybridized carbons (Fsp3) is 1.00. The van der Waals surface area contributed by atoms with Crippen LogP contribution in [0.15, 0.2) is 0 Å². The fourth-order valence-electron chi connectivity index (χ4n) is 1.96. The maximum absolute atomic E-state index is 10.7. The van der Waals surface area contributed by atoms with Gasteiger partial charge in [-0.3, -0.25) is 0 Å². The zero-order valence-electron chi connectivity index (χ0n) is 12.6. The first-order valence-electron chi connectivity index (χ1n) is 7.00. The van der Waals surface area contributed by atoms with Crippen LogP contribution in [0.2, 0.25) is 0 Å². The number of hydrogen-bond donors (Lipinski definition) is 1. The Morgan fingerprint density at radius 1 is 1.05 bits per heavy atom. The van der Waals surface area contributed by atoms with Crippen molar-refractivity contribution in [1.29, 1.82) is 0 Å². The predicted molar refractivity (Wildman–Crippen MR) is 72.4 cm³/mol. The number of rotatable bonds is 11. The van der Waals surface area contributed by atoms with E-state index in [1.807, 2.05) is 0 Å². The monoisotopic (exact) mass is 318 g/mol. The fourth-order valence-corrected chi connectivity index (χ4v) is 2.41. The summed E-state index contributed by atoms with van der Waals surface area (Å²) in [5.74, 6) is 0. The summed E-state index contributed by atoms with van der Waals surface area (Å²) in [7, 11) is -4.25. The Morgan fingerprint density at radius 2 is 1.53 bits per heavy atom. The Hall–Kier alpha value is 1.51. The molecule has 6 heteroatoms. The van der Waals surface area contributed by atoms with Crippen molar-refractivity contribution in [2.24, 2.45) is 0 Å². The first kappa shape index (κ1) is 22.8. The molecule has 0 aromatic carbocycles. The van der Waals surface area contributed by atoms with Gasteiger partial charge in [0.15, 0.2) is 0 Å². The van der Waals surface area contributed by atoms with Crippen molar-refractivity contribution in [2.45, 2.75) is 83.0 Å². The number of aliphatic hydroxyl groups is 1. The molecular formula is C13H27KO4S. The SMILES string of the molecule is CCCCCCCCCC(O)CC(C)S(=O)(=O)[O-].[K+]. The Bertz CT molecular complexity index is 293. The van der Waals surface area contributed by atoms with Crippen LogP contribution in [0.4, 0.5) is 0 Å². The van der Waals surface area contributed by atoms with Crippen LogP contribution >= 0.6 is 0 Å². The van der Waals surface area contributed by atoms with E-state index in [1.54, 1.807) is 0 Å². The van der Waals surface area contributed by atoms with Crippen molar-refractivity contribution in [3.05, 3.63) is 0 Å². The van der Waals surface area contributed by atoms with Crippen molar-refractivity contribution in [3.8, 4) is 0 Å². The van der Waals surface area contributed by atoms with Crippen LogP contribution in [-0.2, 0) is 10.1 Å². The molecule has 0 aromatic heterocycles. The second-order valence-corrected chi connectivity index (χ2v) is 6.89. The molecule has 2 unspecified atom stereocenters. The average Bonchev–Trinajstić information content (AvgIpc) is 2.26. The summed E-state index contributed by atoms with van der Waals surface area (Å²) in [6, 6.07) is 0. The van der Waals surface area contributed by atoms with Crippen LogP contribution in [0.3, 0.4) is 0 Å². The molecule has 0 aliphatic heterocycles. The summed E-state index contributed by atoms with van der Waals surface area (Å²) in [4.78, 5) is 0. The quantitative estimate of drug-likeness (QED) is 0.326. The van der Waals surface area contributed by atoms with Gasteiger partial charge < -0.3 is 9.66 Å². The van der Waals surface area contributed by atoms with Gasteiger partial charge in [-0.2, -0.15) is 0 Å². The third kappa shape index (κ3) is 14.2. The molecule has 19 heavy (non-hydrogen) atoms. The molecule has 0 bridgehead atoms. The largest absolute Gasteiger partial charge is 1.00 e. The predicted octanol–water partition coefficient (Wildman–Crippen LogP) is -0.184. The summed E-state index contributed by atoms with van der Waals surface area (Å²) >= 11 is 0. The summed E-state index contributed by atoms with van der Waals surface area (Å²) in [5, 5.41) is 8.63. The summed E-state index contributed by atoms with van der Waals surface area (Å²) in [6.07, 6.45) is 8.14. The van der Waals surface area contributed by atoms with Crippen LogP contribution in [0.5, 0.6) is 0 Å². The minimum Gasteiger partial charge on any atom is -0.748 e. The molecule has 0 fully saturated rings. The maximum Gasteiger partial charge on any atom is 1.00 e. The molecular weight excluding hydrogens is 291 g/mol. The molecule has 0 aliphatic rings. The van der Waals surface area contributed by atoms with Gasteiger partial charge in [-0.15, -0.1) is 0 Å². The molecule has 0 spiro atoms. The molecule has 0 radical (unpaired) electrons. The van der Waals surface area contributed by atoms with Crippen LogP contribution in [0.25, 0.3) is 0 Å². The molecule has 0 aliphatic carbocycles.